The highest BCUT2D eigenvalue weighted by atomic mass is 16.2. The molecule has 0 bridgehead atoms. The number of hydrogen-bond acceptors (Lipinski definition) is 4. The summed E-state index contributed by atoms with van der Waals surface area (Å²) in [4.78, 5) is 27.2. The molecule has 0 saturated carbocycles. The predicted molar refractivity (Wildman–Crippen MR) is 103 cm³/mol. The summed E-state index contributed by atoms with van der Waals surface area (Å²) in [6, 6.07) is 7.89. The number of piperidine rings is 1. The molecular formula is C21H23N5O. The van der Waals surface area contributed by atoms with E-state index in [4.69, 9.17) is 0 Å². The van der Waals surface area contributed by atoms with E-state index in [1.165, 1.54) is 5.56 Å². The van der Waals surface area contributed by atoms with Gasteiger partial charge in [0, 0.05) is 38.7 Å². The molecule has 0 atom stereocenters. The maximum absolute atomic E-state index is 12.5. The summed E-state index contributed by atoms with van der Waals surface area (Å²) in [7, 11) is 1.98. The fraction of sp³-hybridized carbons (Fsp3) is 0.333. The topological polar surface area (TPSA) is 63.9 Å². The summed E-state index contributed by atoms with van der Waals surface area (Å²) >= 11 is 0. The van der Waals surface area contributed by atoms with E-state index in [9.17, 15) is 4.79 Å². The zero-order valence-corrected chi connectivity index (χ0v) is 15.5. The average Bonchev–Trinajstić information content (AvgIpc) is 3.15. The van der Waals surface area contributed by atoms with Crippen LogP contribution >= 0.6 is 0 Å². The first-order valence-electron chi connectivity index (χ1n) is 9.31. The largest absolute Gasteiger partial charge is 0.339 e. The number of carbonyl (C=O) groups is 1. The Morgan fingerprint density at radius 3 is 2.70 bits per heavy atom. The van der Waals surface area contributed by atoms with Crippen molar-refractivity contribution in [3.05, 3.63) is 66.5 Å². The van der Waals surface area contributed by atoms with Crippen LogP contribution in [0.3, 0.4) is 0 Å². The lowest BCUT2D eigenvalue weighted by molar-refractivity contribution is 0.0690. The minimum atomic E-state index is 0.0870. The van der Waals surface area contributed by atoms with E-state index in [-0.39, 0.29) is 5.91 Å². The standard InChI is InChI=1S/C21H23N5O/c1-25-15-23-14-20(25)19-12-17(4-8-24-19)11-16-5-9-26(10-6-16)21(27)18-3-2-7-22-13-18/h2-4,7-8,12-16H,5-6,9-11H2,1H3. The molecule has 1 amide bonds. The number of aromatic nitrogens is 4. The summed E-state index contributed by atoms with van der Waals surface area (Å²) in [5.41, 5.74) is 3.94. The fourth-order valence-corrected chi connectivity index (χ4v) is 3.69. The molecule has 6 nitrogen and oxygen atoms in total. The molecule has 0 aromatic carbocycles. The Hall–Kier alpha value is -3.02. The Balaban J connectivity index is 1.37. The van der Waals surface area contributed by atoms with Crippen molar-refractivity contribution in [3.8, 4) is 11.4 Å². The predicted octanol–water partition coefficient (Wildman–Crippen LogP) is 2.97. The number of imidazole rings is 1. The van der Waals surface area contributed by atoms with Crippen molar-refractivity contribution in [1.82, 2.24) is 24.4 Å². The Bertz CT molecular complexity index is 913. The maximum atomic E-state index is 12.5. The Labute approximate surface area is 158 Å². The van der Waals surface area contributed by atoms with Crippen molar-refractivity contribution in [2.75, 3.05) is 13.1 Å². The Morgan fingerprint density at radius 1 is 1.15 bits per heavy atom. The molecular weight excluding hydrogens is 338 g/mol. The lowest BCUT2D eigenvalue weighted by Crippen LogP contribution is -2.38. The highest BCUT2D eigenvalue weighted by molar-refractivity contribution is 5.93. The molecule has 0 N–H and O–H groups in total. The van der Waals surface area contributed by atoms with E-state index in [0.29, 0.717) is 11.5 Å². The molecule has 3 aromatic rings. The molecule has 3 aromatic heterocycles. The van der Waals surface area contributed by atoms with Crippen LogP contribution < -0.4 is 0 Å². The van der Waals surface area contributed by atoms with Gasteiger partial charge in [0.05, 0.1) is 29.5 Å². The van der Waals surface area contributed by atoms with Gasteiger partial charge in [-0.2, -0.15) is 0 Å². The van der Waals surface area contributed by atoms with Gasteiger partial charge >= 0.3 is 0 Å². The van der Waals surface area contributed by atoms with Crippen LogP contribution in [-0.4, -0.2) is 43.4 Å². The quantitative estimate of drug-likeness (QED) is 0.717. The summed E-state index contributed by atoms with van der Waals surface area (Å²) in [6.07, 6.45) is 11.9. The SMILES string of the molecule is Cn1cncc1-c1cc(CC2CCN(C(=O)c3cccnc3)CC2)ccn1. The van der Waals surface area contributed by atoms with Crippen LogP contribution in [0.25, 0.3) is 11.4 Å². The van der Waals surface area contributed by atoms with Gasteiger partial charge in [0.1, 0.15) is 0 Å². The van der Waals surface area contributed by atoms with E-state index in [1.54, 1.807) is 18.7 Å². The zero-order chi connectivity index (χ0) is 18.6. The highest BCUT2D eigenvalue weighted by Gasteiger charge is 2.24. The van der Waals surface area contributed by atoms with Gasteiger partial charge in [0.15, 0.2) is 0 Å². The van der Waals surface area contributed by atoms with E-state index in [2.05, 4.69) is 27.1 Å². The number of carbonyl (C=O) groups excluding carboxylic acids is 1. The molecule has 0 radical (unpaired) electrons. The molecule has 0 unspecified atom stereocenters. The Kier molecular flexibility index (Phi) is 4.96. The van der Waals surface area contributed by atoms with Gasteiger partial charge in [-0.05, 0) is 55.0 Å². The number of pyridine rings is 2. The molecule has 1 aliphatic heterocycles. The van der Waals surface area contributed by atoms with Gasteiger partial charge < -0.3 is 9.47 Å². The van der Waals surface area contributed by atoms with Crippen LogP contribution in [0.15, 0.2) is 55.4 Å². The first-order valence-corrected chi connectivity index (χ1v) is 9.31. The third-order valence-corrected chi connectivity index (χ3v) is 5.24. The van der Waals surface area contributed by atoms with Gasteiger partial charge in [0.25, 0.3) is 5.91 Å². The molecule has 0 spiro atoms. The number of nitrogens with zero attached hydrogens (tertiary/aromatic N) is 5. The summed E-state index contributed by atoms with van der Waals surface area (Å²) in [5.74, 6) is 0.675. The van der Waals surface area contributed by atoms with Gasteiger partial charge in [-0.15, -0.1) is 0 Å². The second-order valence-corrected chi connectivity index (χ2v) is 7.12. The number of likely N-dealkylation sites (tertiary alicyclic amines) is 1. The normalized spacial score (nSPS) is 15.1. The summed E-state index contributed by atoms with van der Waals surface area (Å²) < 4.78 is 1.98. The smallest absolute Gasteiger partial charge is 0.255 e. The monoisotopic (exact) mass is 361 g/mol. The molecule has 6 heteroatoms. The van der Waals surface area contributed by atoms with Crippen molar-refractivity contribution < 1.29 is 4.79 Å². The second-order valence-electron chi connectivity index (χ2n) is 7.12. The fourth-order valence-electron chi connectivity index (χ4n) is 3.69. The number of rotatable bonds is 4. The van der Waals surface area contributed by atoms with Gasteiger partial charge in [0.2, 0.25) is 0 Å². The first-order chi connectivity index (χ1) is 13.2. The zero-order valence-electron chi connectivity index (χ0n) is 15.5. The van der Waals surface area contributed by atoms with Gasteiger partial charge in [-0.1, -0.05) is 0 Å². The van der Waals surface area contributed by atoms with Crippen molar-refractivity contribution in [3.63, 3.8) is 0 Å². The van der Waals surface area contributed by atoms with Crippen molar-refractivity contribution in [2.24, 2.45) is 13.0 Å². The number of amides is 1. The van der Waals surface area contributed by atoms with Crippen LogP contribution in [0, 0.1) is 5.92 Å². The first kappa shape index (κ1) is 17.4. The third kappa shape index (κ3) is 3.89. The number of aryl methyl sites for hydroxylation is 1. The van der Waals surface area contributed by atoms with E-state index >= 15 is 0 Å². The van der Waals surface area contributed by atoms with Crippen molar-refractivity contribution in [2.45, 2.75) is 19.3 Å². The summed E-state index contributed by atoms with van der Waals surface area (Å²) in [6.45, 7) is 1.61. The molecule has 4 rings (SSSR count). The van der Waals surface area contributed by atoms with Crippen molar-refractivity contribution in [1.29, 1.82) is 0 Å². The minimum absolute atomic E-state index is 0.0870. The highest BCUT2D eigenvalue weighted by Crippen LogP contribution is 2.24. The molecule has 27 heavy (non-hydrogen) atoms. The van der Waals surface area contributed by atoms with Gasteiger partial charge in [-0.3, -0.25) is 14.8 Å². The van der Waals surface area contributed by atoms with Crippen LogP contribution in [-0.2, 0) is 13.5 Å². The van der Waals surface area contributed by atoms with E-state index < -0.39 is 0 Å². The lowest BCUT2D eigenvalue weighted by atomic mass is 9.90. The van der Waals surface area contributed by atoms with Crippen LogP contribution in [0.5, 0.6) is 0 Å². The maximum Gasteiger partial charge on any atom is 0.255 e. The average molecular weight is 361 g/mol. The lowest BCUT2D eigenvalue weighted by Gasteiger charge is -2.32. The van der Waals surface area contributed by atoms with Crippen LogP contribution in [0.2, 0.25) is 0 Å². The molecule has 4 heterocycles. The molecule has 1 aliphatic rings. The minimum Gasteiger partial charge on any atom is -0.339 e. The molecule has 138 valence electrons. The molecule has 1 fully saturated rings. The number of hydrogen-bond donors (Lipinski definition) is 0. The van der Waals surface area contributed by atoms with Crippen LogP contribution in [0.4, 0.5) is 0 Å². The Morgan fingerprint density at radius 2 is 2.00 bits per heavy atom. The van der Waals surface area contributed by atoms with Crippen molar-refractivity contribution >= 4 is 5.91 Å². The summed E-state index contributed by atoms with van der Waals surface area (Å²) in [5, 5.41) is 0. The van der Waals surface area contributed by atoms with Gasteiger partial charge in [-0.25, -0.2) is 4.98 Å². The molecule has 0 aliphatic carbocycles. The molecule has 1 saturated heterocycles. The van der Waals surface area contributed by atoms with E-state index in [1.807, 2.05) is 41.0 Å². The second kappa shape index (κ2) is 7.70. The van der Waals surface area contributed by atoms with Crippen LogP contribution in [0.1, 0.15) is 28.8 Å². The van der Waals surface area contributed by atoms with E-state index in [0.717, 1.165) is 43.7 Å². The third-order valence-electron chi connectivity index (χ3n) is 5.24.